The molecule has 0 aromatic rings. The van der Waals surface area contributed by atoms with Crippen molar-refractivity contribution in [1.82, 2.24) is 9.80 Å². The molecule has 0 amide bonds. The number of Topliss-reactive ketones (excluding diaryl/α,β-unsaturated/α-hetero) is 1. The van der Waals surface area contributed by atoms with E-state index in [1.165, 1.54) is 12.8 Å². The highest BCUT2D eigenvalue weighted by molar-refractivity contribution is 5.84. The minimum atomic E-state index is 0.235. The second-order valence-corrected chi connectivity index (χ2v) is 5.55. The maximum absolute atomic E-state index is 12.1. The van der Waals surface area contributed by atoms with E-state index in [1.807, 2.05) is 0 Å². The molecular formula is C14H26N2O. The van der Waals surface area contributed by atoms with Crippen LogP contribution in [0.4, 0.5) is 0 Å². The van der Waals surface area contributed by atoms with Crippen LogP contribution >= 0.6 is 0 Å². The lowest BCUT2D eigenvalue weighted by Crippen LogP contribution is -2.56. The van der Waals surface area contributed by atoms with Gasteiger partial charge in [-0.3, -0.25) is 14.6 Å². The lowest BCUT2D eigenvalue weighted by Gasteiger charge is -2.42. The Labute approximate surface area is 105 Å². The molecule has 2 rings (SSSR count). The van der Waals surface area contributed by atoms with Crippen LogP contribution in [0.25, 0.3) is 0 Å². The Hall–Kier alpha value is -0.410. The van der Waals surface area contributed by atoms with Gasteiger partial charge >= 0.3 is 0 Å². The molecule has 17 heavy (non-hydrogen) atoms. The fourth-order valence-corrected chi connectivity index (χ4v) is 3.30. The van der Waals surface area contributed by atoms with Gasteiger partial charge in [0.15, 0.2) is 0 Å². The smallest absolute Gasteiger partial charge is 0.149 e. The van der Waals surface area contributed by atoms with Gasteiger partial charge < -0.3 is 0 Å². The van der Waals surface area contributed by atoms with E-state index in [1.54, 1.807) is 0 Å². The van der Waals surface area contributed by atoms with Crippen molar-refractivity contribution < 1.29 is 4.79 Å². The number of likely N-dealkylation sites (N-methyl/N-ethyl adjacent to an activating group) is 1. The molecule has 98 valence electrons. The Morgan fingerprint density at radius 1 is 1.24 bits per heavy atom. The Kier molecular flexibility index (Phi) is 4.57. The molecule has 2 fully saturated rings. The molecule has 3 nitrogen and oxygen atoms in total. The highest BCUT2D eigenvalue weighted by Gasteiger charge is 2.31. The van der Waals surface area contributed by atoms with Gasteiger partial charge in [0.25, 0.3) is 0 Å². The van der Waals surface area contributed by atoms with Gasteiger partial charge in [0.1, 0.15) is 5.78 Å². The minimum absolute atomic E-state index is 0.235. The lowest BCUT2D eigenvalue weighted by molar-refractivity contribution is -0.125. The number of carbonyl (C=O) groups is 1. The molecule has 2 atom stereocenters. The van der Waals surface area contributed by atoms with E-state index in [0.29, 0.717) is 11.8 Å². The van der Waals surface area contributed by atoms with E-state index in [-0.39, 0.29) is 6.04 Å². The summed E-state index contributed by atoms with van der Waals surface area (Å²) in [5.74, 6) is 0.500. The van der Waals surface area contributed by atoms with Crippen LogP contribution in [0.1, 0.15) is 46.0 Å². The van der Waals surface area contributed by atoms with E-state index in [2.05, 4.69) is 23.6 Å². The van der Waals surface area contributed by atoms with Crippen molar-refractivity contribution in [3.05, 3.63) is 0 Å². The summed E-state index contributed by atoms with van der Waals surface area (Å²) in [6, 6.07) is 0.837. The molecule has 1 aliphatic carbocycles. The number of rotatable bonds is 2. The second-order valence-electron chi connectivity index (χ2n) is 5.55. The summed E-state index contributed by atoms with van der Waals surface area (Å²) in [7, 11) is 0. The molecule has 0 radical (unpaired) electrons. The van der Waals surface area contributed by atoms with Gasteiger partial charge in [0, 0.05) is 32.1 Å². The Bertz CT molecular complexity index is 267. The summed E-state index contributed by atoms with van der Waals surface area (Å²) in [6.07, 6.45) is 5.50. The predicted molar refractivity (Wildman–Crippen MR) is 70.2 cm³/mol. The van der Waals surface area contributed by atoms with E-state index in [9.17, 15) is 4.79 Å². The molecule has 0 aromatic carbocycles. The van der Waals surface area contributed by atoms with Crippen molar-refractivity contribution in [3.63, 3.8) is 0 Å². The minimum Gasteiger partial charge on any atom is -0.298 e. The maximum atomic E-state index is 12.1. The first kappa shape index (κ1) is 13.0. The molecule has 1 saturated heterocycles. The van der Waals surface area contributed by atoms with Gasteiger partial charge in [-0.15, -0.1) is 0 Å². The monoisotopic (exact) mass is 238 g/mol. The number of ketones is 1. The van der Waals surface area contributed by atoms with Crippen molar-refractivity contribution in [2.24, 2.45) is 0 Å². The predicted octanol–water partition coefficient (Wildman–Crippen LogP) is 1.91. The topological polar surface area (TPSA) is 23.6 Å². The Balaban J connectivity index is 1.95. The van der Waals surface area contributed by atoms with Crippen LogP contribution in [0.5, 0.6) is 0 Å². The van der Waals surface area contributed by atoms with E-state index >= 15 is 0 Å². The molecule has 0 aromatic heterocycles. The molecular weight excluding hydrogens is 212 g/mol. The van der Waals surface area contributed by atoms with Crippen LogP contribution in [0.3, 0.4) is 0 Å². The molecule has 3 heteroatoms. The number of piperazine rings is 1. The largest absolute Gasteiger partial charge is 0.298 e. The van der Waals surface area contributed by atoms with Crippen LogP contribution in [0.15, 0.2) is 0 Å². The van der Waals surface area contributed by atoms with Crippen LogP contribution < -0.4 is 0 Å². The first-order chi connectivity index (χ1) is 8.22. The molecule has 2 unspecified atom stereocenters. The average Bonchev–Trinajstić information content (AvgIpc) is 2.54. The number of nitrogens with zero attached hydrogens (tertiary/aromatic N) is 2. The third-order valence-corrected chi connectivity index (χ3v) is 4.42. The van der Waals surface area contributed by atoms with Gasteiger partial charge in [-0.2, -0.15) is 0 Å². The van der Waals surface area contributed by atoms with Crippen molar-refractivity contribution in [2.75, 3.05) is 26.2 Å². The highest BCUT2D eigenvalue weighted by Crippen LogP contribution is 2.22. The summed E-state index contributed by atoms with van der Waals surface area (Å²) < 4.78 is 0. The molecule has 0 spiro atoms. The summed E-state index contributed by atoms with van der Waals surface area (Å²) in [4.78, 5) is 17.1. The molecule has 1 saturated carbocycles. The molecule has 0 N–H and O–H groups in total. The van der Waals surface area contributed by atoms with Crippen molar-refractivity contribution in [1.29, 1.82) is 0 Å². The van der Waals surface area contributed by atoms with Gasteiger partial charge in [0.2, 0.25) is 0 Å². The van der Waals surface area contributed by atoms with Gasteiger partial charge in [-0.1, -0.05) is 19.8 Å². The molecule has 1 aliphatic heterocycles. The van der Waals surface area contributed by atoms with Gasteiger partial charge in [0.05, 0.1) is 6.04 Å². The van der Waals surface area contributed by atoms with E-state index in [4.69, 9.17) is 0 Å². The Morgan fingerprint density at radius 2 is 2.06 bits per heavy atom. The van der Waals surface area contributed by atoms with Gasteiger partial charge in [-0.05, 0) is 26.3 Å². The number of hydrogen-bond acceptors (Lipinski definition) is 3. The van der Waals surface area contributed by atoms with E-state index < -0.39 is 0 Å². The summed E-state index contributed by atoms with van der Waals surface area (Å²) in [5.41, 5.74) is 0. The summed E-state index contributed by atoms with van der Waals surface area (Å²) >= 11 is 0. The van der Waals surface area contributed by atoms with Crippen LogP contribution in [-0.2, 0) is 4.79 Å². The molecule has 1 heterocycles. The second kappa shape index (κ2) is 5.96. The zero-order chi connectivity index (χ0) is 12.3. The fourth-order valence-electron chi connectivity index (χ4n) is 3.30. The fraction of sp³-hybridized carbons (Fsp3) is 0.929. The average molecular weight is 238 g/mol. The quantitative estimate of drug-likeness (QED) is 0.687. The van der Waals surface area contributed by atoms with Crippen molar-refractivity contribution in [3.8, 4) is 0 Å². The zero-order valence-electron chi connectivity index (χ0n) is 11.3. The molecule has 2 aliphatic rings. The lowest BCUT2D eigenvalue weighted by atomic mass is 10.0. The SMILES string of the molecule is CCN1CCN(C2CCCCCC2=O)CC1C. The van der Waals surface area contributed by atoms with Gasteiger partial charge in [-0.25, -0.2) is 0 Å². The number of carbonyl (C=O) groups excluding carboxylic acids is 1. The third kappa shape index (κ3) is 3.08. The summed E-state index contributed by atoms with van der Waals surface area (Å²) in [6.45, 7) is 8.92. The third-order valence-electron chi connectivity index (χ3n) is 4.42. The van der Waals surface area contributed by atoms with E-state index in [0.717, 1.165) is 45.4 Å². The van der Waals surface area contributed by atoms with Crippen LogP contribution in [0.2, 0.25) is 0 Å². The number of hydrogen-bond donors (Lipinski definition) is 0. The maximum Gasteiger partial charge on any atom is 0.149 e. The first-order valence-corrected chi connectivity index (χ1v) is 7.23. The van der Waals surface area contributed by atoms with Crippen molar-refractivity contribution in [2.45, 2.75) is 58.0 Å². The Morgan fingerprint density at radius 3 is 2.76 bits per heavy atom. The highest BCUT2D eigenvalue weighted by atomic mass is 16.1. The van der Waals surface area contributed by atoms with Crippen LogP contribution in [-0.4, -0.2) is 53.8 Å². The van der Waals surface area contributed by atoms with Crippen molar-refractivity contribution >= 4 is 5.78 Å². The summed E-state index contributed by atoms with van der Waals surface area (Å²) in [5, 5.41) is 0. The first-order valence-electron chi connectivity index (χ1n) is 7.23. The normalized spacial score (nSPS) is 33.6. The van der Waals surface area contributed by atoms with Crippen LogP contribution in [0, 0.1) is 0 Å². The zero-order valence-corrected chi connectivity index (χ0v) is 11.3. The standard InChI is InChI=1S/C14H26N2O/c1-3-15-9-10-16(11-12(15)2)13-7-5-4-6-8-14(13)17/h12-13H,3-11H2,1-2H3. The molecule has 0 bridgehead atoms.